The van der Waals surface area contributed by atoms with Crippen molar-refractivity contribution in [2.75, 3.05) is 5.73 Å². The number of hydrogen-bond donors (Lipinski definition) is 2. The van der Waals surface area contributed by atoms with Crippen LogP contribution in [0.15, 0.2) is 48.5 Å². The van der Waals surface area contributed by atoms with Crippen LogP contribution in [0.2, 0.25) is 0 Å². The first-order chi connectivity index (χ1) is 8.81. The second-order valence-corrected chi connectivity index (χ2v) is 4.45. The lowest BCUT2D eigenvalue weighted by Crippen LogP contribution is -1.94. The van der Waals surface area contributed by atoms with E-state index in [0.29, 0.717) is 0 Å². The molecule has 3 N–H and O–H groups in total. The Labute approximate surface area is 118 Å². The molecule has 98 valence electrons. The topological polar surface area (TPSA) is 54.7 Å². The molecule has 0 saturated heterocycles. The summed E-state index contributed by atoms with van der Waals surface area (Å²) >= 11 is 0. The summed E-state index contributed by atoms with van der Waals surface area (Å²) in [6, 6.07) is 16.1. The van der Waals surface area contributed by atoms with Crippen LogP contribution in [0.5, 0.6) is 0 Å². The summed E-state index contributed by atoms with van der Waals surface area (Å²) in [4.78, 5) is 7.90. The number of para-hydroxylation sites is 2. The molecule has 0 amide bonds. The monoisotopic (exact) mass is 273 g/mol. The minimum Gasteiger partial charge on any atom is -0.399 e. The number of aromatic amines is 1. The van der Waals surface area contributed by atoms with E-state index in [4.69, 9.17) is 5.73 Å². The standard InChI is InChI=1S/C15H15N3.ClH/c16-12-5-3-4-11(10-12)8-9-15-17-13-6-1-2-7-14(13)18-15;/h1-7,10H,8-9,16H2,(H,17,18);1H. The van der Waals surface area contributed by atoms with Crippen LogP contribution < -0.4 is 5.73 Å². The van der Waals surface area contributed by atoms with Gasteiger partial charge in [0.1, 0.15) is 5.82 Å². The van der Waals surface area contributed by atoms with E-state index < -0.39 is 0 Å². The molecule has 0 spiro atoms. The van der Waals surface area contributed by atoms with Gasteiger partial charge < -0.3 is 10.7 Å². The smallest absolute Gasteiger partial charge is 0.107 e. The number of fused-ring (bicyclic) bond motifs is 1. The number of halogens is 1. The van der Waals surface area contributed by atoms with Crippen molar-refractivity contribution >= 4 is 29.1 Å². The van der Waals surface area contributed by atoms with Crippen LogP contribution in [0.25, 0.3) is 11.0 Å². The number of hydrogen-bond acceptors (Lipinski definition) is 2. The zero-order chi connectivity index (χ0) is 12.4. The van der Waals surface area contributed by atoms with Crippen molar-refractivity contribution in [3.63, 3.8) is 0 Å². The van der Waals surface area contributed by atoms with Crippen LogP contribution >= 0.6 is 12.4 Å². The van der Waals surface area contributed by atoms with E-state index in [1.807, 2.05) is 42.5 Å². The highest BCUT2D eigenvalue weighted by molar-refractivity contribution is 5.85. The summed E-state index contributed by atoms with van der Waals surface area (Å²) in [6.45, 7) is 0. The van der Waals surface area contributed by atoms with Gasteiger partial charge in [0.2, 0.25) is 0 Å². The number of nitrogen functional groups attached to an aromatic ring is 1. The fraction of sp³-hybridized carbons (Fsp3) is 0.133. The zero-order valence-corrected chi connectivity index (χ0v) is 11.3. The first kappa shape index (κ1) is 13.4. The highest BCUT2D eigenvalue weighted by atomic mass is 35.5. The normalized spacial score (nSPS) is 10.3. The van der Waals surface area contributed by atoms with E-state index in [1.54, 1.807) is 0 Å². The van der Waals surface area contributed by atoms with Gasteiger partial charge in [-0.3, -0.25) is 0 Å². The van der Waals surface area contributed by atoms with Crippen molar-refractivity contribution in [1.82, 2.24) is 9.97 Å². The molecule has 0 saturated carbocycles. The third-order valence-corrected chi connectivity index (χ3v) is 3.04. The number of nitrogens with one attached hydrogen (secondary N) is 1. The van der Waals surface area contributed by atoms with Crippen LogP contribution in [0.1, 0.15) is 11.4 Å². The van der Waals surface area contributed by atoms with E-state index in [1.165, 1.54) is 5.56 Å². The van der Waals surface area contributed by atoms with Gasteiger partial charge in [-0.25, -0.2) is 4.98 Å². The average molecular weight is 274 g/mol. The average Bonchev–Trinajstić information content (AvgIpc) is 2.79. The van der Waals surface area contributed by atoms with Gasteiger partial charge >= 0.3 is 0 Å². The van der Waals surface area contributed by atoms with Gasteiger partial charge in [-0.1, -0.05) is 24.3 Å². The number of nitrogens with zero attached hydrogens (tertiary/aromatic N) is 1. The highest BCUT2D eigenvalue weighted by Gasteiger charge is 2.02. The van der Waals surface area contributed by atoms with Gasteiger partial charge in [-0.05, 0) is 36.2 Å². The fourth-order valence-corrected chi connectivity index (χ4v) is 2.14. The maximum atomic E-state index is 5.77. The summed E-state index contributed by atoms with van der Waals surface area (Å²) in [6.07, 6.45) is 1.85. The first-order valence-corrected chi connectivity index (χ1v) is 6.09. The molecule has 1 heterocycles. The zero-order valence-electron chi connectivity index (χ0n) is 10.5. The van der Waals surface area contributed by atoms with Gasteiger partial charge in [0, 0.05) is 12.1 Å². The van der Waals surface area contributed by atoms with Crippen LogP contribution in [-0.4, -0.2) is 9.97 Å². The van der Waals surface area contributed by atoms with Crippen molar-refractivity contribution in [3.8, 4) is 0 Å². The summed E-state index contributed by atoms with van der Waals surface area (Å²) in [5.41, 5.74) is 9.95. The second kappa shape index (κ2) is 5.76. The summed E-state index contributed by atoms with van der Waals surface area (Å²) < 4.78 is 0. The quantitative estimate of drug-likeness (QED) is 0.719. The first-order valence-electron chi connectivity index (χ1n) is 6.09. The van der Waals surface area contributed by atoms with Gasteiger partial charge in [0.05, 0.1) is 11.0 Å². The highest BCUT2D eigenvalue weighted by Crippen LogP contribution is 2.13. The number of H-pyrrole nitrogens is 1. The lowest BCUT2D eigenvalue weighted by atomic mass is 10.1. The number of benzene rings is 2. The van der Waals surface area contributed by atoms with Crippen molar-refractivity contribution in [1.29, 1.82) is 0 Å². The molecule has 3 rings (SSSR count). The predicted octanol–water partition coefficient (Wildman–Crippen LogP) is 3.35. The van der Waals surface area contributed by atoms with Crippen LogP contribution in [-0.2, 0) is 12.8 Å². The van der Waals surface area contributed by atoms with Gasteiger partial charge in [0.15, 0.2) is 0 Å². The predicted molar refractivity (Wildman–Crippen MR) is 81.6 cm³/mol. The number of aryl methyl sites for hydroxylation is 2. The molecule has 0 unspecified atom stereocenters. The molecule has 0 bridgehead atoms. The van der Waals surface area contributed by atoms with Gasteiger partial charge in [0.25, 0.3) is 0 Å². The van der Waals surface area contributed by atoms with Crippen molar-refractivity contribution in [3.05, 3.63) is 59.9 Å². The molecule has 3 aromatic rings. The molecule has 2 aromatic carbocycles. The number of nitrogens with two attached hydrogens (primary N) is 1. The molecule has 0 aliphatic rings. The van der Waals surface area contributed by atoms with E-state index in [0.717, 1.165) is 35.4 Å². The number of aromatic nitrogens is 2. The molecule has 19 heavy (non-hydrogen) atoms. The molecular weight excluding hydrogens is 258 g/mol. The third-order valence-electron chi connectivity index (χ3n) is 3.04. The molecule has 0 fully saturated rings. The lowest BCUT2D eigenvalue weighted by Gasteiger charge is -2.00. The molecule has 0 atom stereocenters. The van der Waals surface area contributed by atoms with E-state index in [2.05, 4.69) is 16.0 Å². The lowest BCUT2D eigenvalue weighted by molar-refractivity contribution is 0.890. The number of rotatable bonds is 3. The van der Waals surface area contributed by atoms with E-state index >= 15 is 0 Å². The van der Waals surface area contributed by atoms with E-state index in [9.17, 15) is 0 Å². The Balaban J connectivity index is 0.00000133. The Kier molecular flexibility index (Phi) is 4.07. The molecule has 0 radical (unpaired) electrons. The Morgan fingerprint density at radius 3 is 2.63 bits per heavy atom. The Morgan fingerprint density at radius 2 is 1.84 bits per heavy atom. The van der Waals surface area contributed by atoms with Crippen LogP contribution in [0.3, 0.4) is 0 Å². The summed E-state index contributed by atoms with van der Waals surface area (Å²) in [5, 5.41) is 0. The minimum absolute atomic E-state index is 0. The maximum Gasteiger partial charge on any atom is 0.107 e. The molecule has 0 aliphatic heterocycles. The molecular formula is C15H16ClN3. The Bertz CT molecular complexity index is 643. The van der Waals surface area contributed by atoms with Gasteiger partial charge in [-0.2, -0.15) is 0 Å². The fourth-order valence-electron chi connectivity index (χ4n) is 2.14. The number of imidazole rings is 1. The van der Waals surface area contributed by atoms with Gasteiger partial charge in [-0.15, -0.1) is 12.4 Å². The summed E-state index contributed by atoms with van der Waals surface area (Å²) in [5.74, 6) is 1.03. The van der Waals surface area contributed by atoms with Crippen molar-refractivity contribution in [2.45, 2.75) is 12.8 Å². The van der Waals surface area contributed by atoms with Crippen molar-refractivity contribution in [2.24, 2.45) is 0 Å². The van der Waals surface area contributed by atoms with Crippen molar-refractivity contribution < 1.29 is 0 Å². The molecule has 1 aromatic heterocycles. The largest absolute Gasteiger partial charge is 0.399 e. The second-order valence-electron chi connectivity index (χ2n) is 4.45. The van der Waals surface area contributed by atoms with E-state index in [-0.39, 0.29) is 12.4 Å². The third kappa shape index (κ3) is 3.06. The van der Waals surface area contributed by atoms with Crippen LogP contribution in [0, 0.1) is 0 Å². The Hall–Kier alpha value is -2.00. The van der Waals surface area contributed by atoms with Crippen LogP contribution in [0.4, 0.5) is 5.69 Å². The SMILES string of the molecule is Cl.Nc1cccc(CCc2nc3ccccc3[nH]2)c1. The summed E-state index contributed by atoms with van der Waals surface area (Å²) in [7, 11) is 0. The minimum atomic E-state index is 0. The maximum absolute atomic E-state index is 5.77. The number of anilines is 1. The Morgan fingerprint density at radius 1 is 1.00 bits per heavy atom. The molecule has 3 nitrogen and oxygen atoms in total. The molecule has 0 aliphatic carbocycles. The molecule has 4 heteroatoms.